The average Bonchev–Trinajstić information content (AvgIpc) is 2.65. The summed E-state index contributed by atoms with van der Waals surface area (Å²) in [5.41, 5.74) is 0.574. The fraction of sp³-hybridized carbons (Fsp3) is 0.462. The minimum Gasteiger partial charge on any atom is -0.508 e. The van der Waals surface area contributed by atoms with Gasteiger partial charge in [0.2, 0.25) is 5.91 Å². The first-order chi connectivity index (χ1) is 9.08. The van der Waals surface area contributed by atoms with Gasteiger partial charge in [-0.25, -0.2) is 0 Å². The smallest absolute Gasteiger partial charge is 0.223 e. The summed E-state index contributed by atoms with van der Waals surface area (Å²) >= 11 is 12.1. The average molecular weight is 302 g/mol. The second-order valence-electron chi connectivity index (χ2n) is 4.93. The van der Waals surface area contributed by atoms with Gasteiger partial charge in [-0.15, -0.1) is 0 Å². The fourth-order valence-electron chi connectivity index (χ4n) is 2.63. The van der Waals surface area contributed by atoms with E-state index in [1.54, 1.807) is 6.07 Å². The molecule has 2 heterocycles. The van der Waals surface area contributed by atoms with Gasteiger partial charge >= 0.3 is 0 Å². The number of halogens is 2. The monoisotopic (exact) mass is 301 g/mol. The van der Waals surface area contributed by atoms with Gasteiger partial charge in [-0.1, -0.05) is 23.2 Å². The molecule has 6 heteroatoms. The van der Waals surface area contributed by atoms with Crippen LogP contribution >= 0.6 is 23.2 Å². The van der Waals surface area contributed by atoms with Crippen LogP contribution in [0.1, 0.15) is 17.9 Å². The highest BCUT2D eigenvalue weighted by Gasteiger charge is 2.39. The maximum atomic E-state index is 12.0. The van der Waals surface area contributed by atoms with Crippen molar-refractivity contribution in [3.63, 3.8) is 0 Å². The molecule has 2 fully saturated rings. The van der Waals surface area contributed by atoms with Gasteiger partial charge in [0.25, 0.3) is 0 Å². The molecule has 0 radical (unpaired) electrons. The highest BCUT2D eigenvalue weighted by Crippen LogP contribution is 2.42. The first-order valence-corrected chi connectivity index (χ1v) is 6.87. The van der Waals surface area contributed by atoms with Crippen molar-refractivity contribution in [1.82, 2.24) is 4.90 Å². The summed E-state index contributed by atoms with van der Waals surface area (Å²) in [6.45, 7) is 1.74. The molecule has 1 aromatic carbocycles. The summed E-state index contributed by atoms with van der Waals surface area (Å²) < 4.78 is 5.11. The van der Waals surface area contributed by atoms with Crippen molar-refractivity contribution in [3.05, 3.63) is 27.7 Å². The van der Waals surface area contributed by atoms with E-state index >= 15 is 0 Å². The molecule has 0 saturated carbocycles. The van der Waals surface area contributed by atoms with E-state index in [1.165, 1.54) is 6.07 Å². The van der Waals surface area contributed by atoms with Crippen molar-refractivity contribution in [2.45, 2.75) is 18.4 Å². The Labute approximate surface area is 120 Å². The first-order valence-electron chi connectivity index (χ1n) is 6.12. The topological polar surface area (TPSA) is 49.8 Å². The Bertz CT molecular complexity index is 531. The number of aromatic hydroxyl groups is 1. The standard InChI is InChI=1S/C13H13Cl2NO3/c14-9-1-2-10(17)12(13(9)15)7-3-11(18)16(4-7)8-5-19-6-8/h1-2,7-8,17H,3-6H2/t7-/m1/s1. The molecule has 19 heavy (non-hydrogen) atoms. The number of carbonyl (C=O) groups is 1. The predicted octanol–water partition coefficient (Wildman–Crippen LogP) is 2.41. The number of ether oxygens (including phenoxy) is 1. The number of phenolic OH excluding ortho intramolecular Hbond substituents is 1. The molecule has 0 unspecified atom stereocenters. The quantitative estimate of drug-likeness (QED) is 0.912. The normalized spacial score (nSPS) is 23.8. The molecule has 0 bridgehead atoms. The Balaban J connectivity index is 1.88. The van der Waals surface area contributed by atoms with Gasteiger partial charge in [0, 0.05) is 24.4 Å². The fourth-order valence-corrected chi connectivity index (χ4v) is 3.10. The Kier molecular flexibility index (Phi) is 3.33. The lowest BCUT2D eigenvalue weighted by Gasteiger charge is -2.34. The van der Waals surface area contributed by atoms with Crippen molar-refractivity contribution in [2.24, 2.45) is 0 Å². The van der Waals surface area contributed by atoms with Crippen molar-refractivity contribution < 1.29 is 14.6 Å². The van der Waals surface area contributed by atoms with Crippen LogP contribution in [-0.2, 0) is 9.53 Å². The Hall–Kier alpha value is -0.970. The zero-order valence-electron chi connectivity index (χ0n) is 10.1. The van der Waals surface area contributed by atoms with Gasteiger partial charge in [-0.3, -0.25) is 4.79 Å². The molecule has 1 amide bonds. The summed E-state index contributed by atoms with van der Waals surface area (Å²) in [5, 5.41) is 10.7. The van der Waals surface area contributed by atoms with Gasteiger partial charge in [-0.2, -0.15) is 0 Å². The molecule has 0 aliphatic carbocycles. The van der Waals surface area contributed by atoms with Gasteiger partial charge in [-0.05, 0) is 12.1 Å². The molecule has 0 spiro atoms. The Morgan fingerprint density at radius 1 is 1.32 bits per heavy atom. The molecular formula is C13H13Cl2NO3. The molecular weight excluding hydrogens is 289 g/mol. The molecule has 2 saturated heterocycles. The van der Waals surface area contributed by atoms with Gasteiger partial charge < -0.3 is 14.7 Å². The summed E-state index contributed by atoms with van der Waals surface area (Å²) in [6.07, 6.45) is 0.351. The van der Waals surface area contributed by atoms with Crippen LogP contribution < -0.4 is 0 Å². The Morgan fingerprint density at radius 3 is 2.68 bits per heavy atom. The molecule has 4 nitrogen and oxygen atoms in total. The second kappa shape index (κ2) is 4.85. The predicted molar refractivity (Wildman–Crippen MR) is 71.8 cm³/mol. The van der Waals surface area contributed by atoms with E-state index in [4.69, 9.17) is 27.9 Å². The van der Waals surface area contributed by atoms with Crippen molar-refractivity contribution in [1.29, 1.82) is 0 Å². The molecule has 2 aliphatic rings. The largest absolute Gasteiger partial charge is 0.508 e. The van der Waals surface area contributed by atoms with Crippen molar-refractivity contribution >= 4 is 29.1 Å². The summed E-state index contributed by atoms with van der Waals surface area (Å²) in [7, 11) is 0. The lowest BCUT2D eigenvalue weighted by Crippen LogP contribution is -2.49. The zero-order chi connectivity index (χ0) is 13.6. The maximum Gasteiger partial charge on any atom is 0.223 e. The van der Waals surface area contributed by atoms with E-state index in [0.717, 1.165) is 0 Å². The number of benzene rings is 1. The number of carbonyl (C=O) groups excluding carboxylic acids is 1. The van der Waals surface area contributed by atoms with Crippen LogP contribution in [0.2, 0.25) is 10.0 Å². The molecule has 1 atom stereocenters. The van der Waals surface area contributed by atoms with E-state index in [-0.39, 0.29) is 23.6 Å². The van der Waals surface area contributed by atoms with Crippen molar-refractivity contribution in [2.75, 3.05) is 19.8 Å². The highest BCUT2D eigenvalue weighted by molar-refractivity contribution is 6.42. The third kappa shape index (κ3) is 2.18. The zero-order valence-corrected chi connectivity index (χ0v) is 11.6. The van der Waals surface area contributed by atoms with Crippen LogP contribution in [-0.4, -0.2) is 41.7 Å². The lowest BCUT2D eigenvalue weighted by molar-refractivity contribution is -0.139. The van der Waals surface area contributed by atoms with Crippen LogP contribution in [0.15, 0.2) is 12.1 Å². The molecule has 3 rings (SSSR count). The van der Waals surface area contributed by atoms with Crippen LogP contribution in [0.3, 0.4) is 0 Å². The summed E-state index contributed by atoms with van der Waals surface area (Å²) in [5.74, 6) is 0.0620. The summed E-state index contributed by atoms with van der Waals surface area (Å²) in [4.78, 5) is 13.8. The number of hydrogen-bond acceptors (Lipinski definition) is 3. The number of nitrogens with zero attached hydrogens (tertiary/aromatic N) is 1. The van der Waals surface area contributed by atoms with Crippen LogP contribution in [0.4, 0.5) is 0 Å². The first kappa shape index (κ1) is 13.0. The molecule has 102 valence electrons. The molecule has 1 aromatic rings. The van der Waals surface area contributed by atoms with Crippen LogP contribution in [0.5, 0.6) is 5.75 Å². The van der Waals surface area contributed by atoms with E-state index < -0.39 is 0 Å². The minimum atomic E-state index is -0.112. The van der Waals surface area contributed by atoms with Gasteiger partial charge in [0.05, 0.1) is 29.3 Å². The van der Waals surface area contributed by atoms with E-state index in [9.17, 15) is 9.90 Å². The van der Waals surface area contributed by atoms with Crippen LogP contribution in [0.25, 0.3) is 0 Å². The third-order valence-electron chi connectivity index (χ3n) is 3.74. The highest BCUT2D eigenvalue weighted by atomic mass is 35.5. The van der Waals surface area contributed by atoms with E-state index in [2.05, 4.69) is 0 Å². The third-order valence-corrected chi connectivity index (χ3v) is 4.56. The minimum absolute atomic E-state index is 0.0775. The number of hydrogen-bond donors (Lipinski definition) is 1. The maximum absolute atomic E-state index is 12.0. The number of rotatable bonds is 2. The Morgan fingerprint density at radius 2 is 2.05 bits per heavy atom. The summed E-state index contributed by atoms with van der Waals surface area (Å²) in [6, 6.07) is 3.23. The van der Waals surface area contributed by atoms with Crippen molar-refractivity contribution in [3.8, 4) is 5.75 Å². The molecule has 1 N–H and O–H groups in total. The molecule has 2 aliphatic heterocycles. The van der Waals surface area contributed by atoms with Gasteiger partial charge in [0.1, 0.15) is 5.75 Å². The van der Waals surface area contributed by atoms with Gasteiger partial charge in [0.15, 0.2) is 0 Å². The number of likely N-dealkylation sites (tertiary alicyclic amines) is 1. The lowest BCUT2D eigenvalue weighted by atomic mass is 9.97. The number of phenols is 1. The van der Waals surface area contributed by atoms with E-state index in [1.807, 2.05) is 4.90 Å². The second-order valence-corrected chi connectivity index (χ2v) is 5.72. The number of amides is 1. The van der Waals surface area contributed by atoms with E-state index in [0.29, 0.717) is 41.8 Å². The van der Waals surface area contributed by atoms with Crippen LogP contribution in [0, 0.1) is 0 Å². The SMILES string of the molecule is O=C1C[C@@H](c2c(O)ccc(Cl)c2Cl)CN1C1COC1. The molecule has 0 aromatic heterocycles.